The molecule has 0 saturated carbocycles. The van der Waals surface area contributed by atoms with Crippen LogP contribution in [0.1, 0.15) is 5.56 Å². The van der Waals surface area contributed by atoms with E-state index in [1.165, 1.54) is 24.3 Å². The Morgan fingerprint density at radius 2 is 2.10 bits per heavy atom. The lowest BCUT2D eigenvalue weighted by Crippen LogP contribution is -2.14. The Balaban J connectivity index is 2.32. The molecule has 0 atom stereocenters. The van der Waals surface area contributed by atoms with Gasteiger partial charge >= 0.3 is 0 Å². The van der Waals surface area contributed by atoms with Gasteiger partial charge in [-0.05, 0) is 46.3 Å². The SMILES string of the molecule is N/C(=N/O)c1ccc(NS(=O)(=O)c2ccc(Br)s2)c(Cl)c1. The van der Waals surface area contributed by atoms with Crippen molar-refractivity contribution in [1.29, 1.82) is 0 Å². The molecule has 0 radical (unpaired) electrons. The lowest BCUT2D eigenvalue weighted by molar-refractivity contribution is 0.318. The molecule has 6 nitrogen and oxygen atoms in total. The smallest absolute Gasteiger partial charge is 0.271 e. The highest BCUT2D eigenvalue weighted by Gasteiger charge is 2.18. The molecule has 0 bridgehead atoms. The van der Waals surface area contributed by atoms with Gasteiger partial charge in [-0.1, -0.05) is 16.8 Å². The molecular formula is C11H9BrClN3O3S2. The van der Waals surface area contributed by atoms with Gasteiger partial charge in [-0.2, -0.15) is 0 Å². The molecule has 0 aliphatic rings. The maximum atomic E-state index is 12.2. The molecule has 0 aliphatic heterocycles. The molecule has 4 N–H and O–H groups in total. The zero-order chi connectivity index (χ0) is 15.6. The number of oxime groups is 1. The van der Waals surface area contributed by atoms with Crippen molar-refractivity contribution >= 4 is 60.4 Å². The number of benzene rings is 1. The number of thiophene rings is 1. The molecule has 2 aromatic rings. The topological polar surface area (TPSA) is 105 Å². The Bertz CT molecular complexity index is 805. The first-order valence-corrected chi connectivity index (χ1v) is 8.86. The number of nitrogens with one attached hydrogen (secondary N) is 1. The van der Waals surface area contributed by atoms with Crippen LogP contribution in [0.2, 0.25) is 5.02 Å². The Morgan fingerprint density at radius 1 is 1.38 bits per heavy atom. The van der Waals surface area contributed by atoms with Gasteiger partial charge in [0.05, 0.1) is 14.5 Å². The fraction of sp³-hybridized carbons (Fsp3) is 0. The molecule has 1 heterocycles. The van der Waals surface area contributed by atoms with Crippen LogP contribution in [0.5, 0.6) is 0 Å². The molecule has 0 amide bonds. The summed E-state index contributed by atoms with van der Waals surface area (Å²) in [5.74, 6) is -0.117. The third-order valence-electron chi connectivity index (χ3n) is 2.43. The maximum absolute atomic E-state index is 12.2. The van der Waals surface area contributed by atoms with Gasteiger partial charge in [0.15, 0.2) is 5.84 Å². The highest BCUT2D eigenvalue weighted by Crippen LogP contribution is 2.30. The number of hydrogen-bond acceptors (Lipinski definition) is 5. The number of halogens is 2. The molecule has 0 unspecified atom stereocenters. The van der Waals surface area contributed by atoms with Gasteiger partial charge in [-0.3, -0.25) is 4.72 Å². The van der Waals surface area contributed by atoms with E-state index in [0.717, 1.165) is 11.3 Å². The maximum Gasteiger partial charge on any atom is 0.271 e. The van der Waals surface area contributed by atoms with E-state index in [2.05, 4.69) is 25.8 Å². The fourth-order valence-electron chi connectivity index (χ4n) is 1.45. The lowest BCUT2D eigenvalue weighted by Gasteiger charge is -2.09. The summed E-state index contributed by atoms with van der Waals surface area (Å²) < 4.78 is 27.6. The average Bonchev–Trinajstić information content (AvgIpc) is 2.87. The summed E-state index contributed by atoms with van der Waals surface area (Å²) in [7, 11) is -3.71. The van der Waals surface area contributed by atoms with E-state index in [1.807, 2.05) is 0 Å². The number of nitrogens with zero attached hydrogens (tertiary/aromatic N) is 1. The van der Waals surface area contributed by atoms with Crippen LogP contribution in [-0.2, 0) is 10.0 Å². The van der Waals surface area contributed by atoms with E-state index in [-0.39, 0.29) is 20.8 Å². The van der Waals surface area contributed by atoms with Gasteiger partial charge in [0.25, 0.3) is 10.0 Å². The standard InChI is InChI=1S/C11H9BrClN3O3S2/c12-9-3-4-10(20-9)21(18,19)16-8-2-1-6(5-7(8)13)11(14)15-17/h1-5,16-17H,(H2,14,15). The van der Waals surface area contributed by atoms with Crippen molar-refractivity contribution in [2.45, 2.75) is 4.21 Å². The summed E-state index contributed by atoms with van der Waals surface area (Å²) in [6, 6.07) is 7.45. The molecule has 21 heavy (non-hydrogen) atoms. The molecule has 0 saturated heterocycles. The minimum Gasteiger partial charge on any atom is -0.409 e. The first kappa shape index (κ1) is 16.1. The van der Waals surface area contributed by atoms with Crippen molar-refractivity contribution in [3.63, 3.8) is 0 Å². The lowest BCUT2D eigenvalue weighted by atomic mass is 10.2. The molecule has 0 aliphatic carbocycles. The van der Waals surface area contributed by atoms with Gasteiger partial charge in [0, 0.05) is 5.56 Å². The minimum absolute atomic E-state index is 0.117. The van der Waals surface area contributed by atoms with Gasteiger partial charge in [-0.15, -0.1) is 11.3 Å². The minimum atomic E-state index is -3.71. The summed E-state index contributed by atoms with van der Waals surface area (Å²) in [5, 5.41) is 11.6. The van der Waals surface area contributed by atoms with E-state index in [4.69, 9.17) is 22.5 Å². The van der Waals surface area contributed by atoms with Crippen molar-refractivity contribution in [1.82, 2.24) is 0 Å². The van der Waals surface area contributed by atoms with E-state index >= 15 is 0 Å². The normalized spacial score (nSPS) is 12.4. The summed E-state index contributed by atoms with van der Waals surface area (Å²) >= 11 is 10.3. The summed E-state index contributed by atoms with van der Waals surface area (Å²) in [6.07, 6.45) is 0. The third kappa shape index (κ3) is 3.67. The van der Waals surface area contributed by atoms with Crippen molar-refractivity contribution in [2.24, 2.45) is 10.9 Å². The molecular weight excluding hydrogens is 402 g/mol. The highest BCUT2D eigenvalue weighted by molar-refractivity contribution is 9.11. The van der Waals surface area contributed by atoms with E-state index < -0.39 is 10.0 Å². The number of sulfonamides is 1. The monoisotopic (exact) mass is 409 g/mol. The second-order valence-corrected chi connectivity index (χ2v) is 8.62. The van der Waals surface area contributed by atoms with Crippen LogP contribution < -0.4 is 10.5 Å². The first-order valence-electron chi connectivity index (χ1n) is 5.39. The number of hydrogen-bond donors (Lipinski definition) is 3. The Labute approximate surface area is 138 Å². The van der Waals surface area contributed by atoms with Gasteiger partial charge in [0.1, 0.15) is 4.21 Å². The predicted molar refractivity (Wildman–Crippen MR) is 86.8 cm³/mol. The van der Waals surface area contributed by atoms with Crippen LogP contribution in [0, 0.1) is 0 Å². The molecule has 2 rings (SSSR count). The second kappa shape index (κ2) is 6.22. The molecule has 1 aromatic heterocycles. The van der Waals surface area contributed by atoms with E-state index in [1.54, 1.807) is 6.07 Å². The molecule has 0 spiro atoms. The largest absolute Gasteiger partial charge is 0.409 e. The molecule has 1 aromatic carbocycles. The Morgan fingerprint density at radius 3 is 2.62 bits per heavy atom. The molecule has 112 valence electrons. The predicted octanol–water partition coefficient (Wildman–Crippen LogP) is 3.06. The fourth-order valence-corrected chi connectivity index (χ4v) is 4.83. The van der Waals surface area contributed by atoms with Crippen molar-refractivity contribution in [3.8, 4) is 0 Å². The summed E-state index contributed by atoms with van der Waals surface area (Å²) in [6.45, 7) is 0. The van der Waals surface area contributed by atoms with E-state index in [0.29, 0.717) is 9.35 Å². The zero-order valence-corrected chi connectivity index (χ0v) is 14.2. The van der Waals surface area contributed by atoms with Crippen LogP contribution in [0.3, 0.4) is 0 Å². The highest BCUT2D eigenvalue weighted by atomic mass is 79.9. The number of anilines is 1. The number of nitrogens with two attached hydrogens (primary N) is 1. The van der Waals surface area contributed by atoms with Crippen LogP contribution >= 0.6 is 38.9 Å². The molecule has 10 heteroatoms. The van der Waals surface area contributed by atoms with Crippen molar-refractivity contribution < 1.29 is 13.6 Å². The quantitative estimate of drug-likeness (QED) is 0.312. The van der Waals surface area contributed by atoms with E-state index in [9.17, 15) is 8.42 Å². The second-order valence-electron chi connectivity index (χ2n) is 3.84. The van der Waals surface area contributed by atoms with Crippen LogP contribution in [0.4, 0.5) is 5.69 Å². The van der Waals surface area contributed by atoms with Crippen LogP contribution in [0.25, 0.3) is 0 Å². The summed E-state index contributed by atoms with van der Waals surface area (Å²) in [5.41, 5.74) is 6.02. The average molecular weight is 411 g/mol. The van der Waals surface area contributed by atoms with Crippen molar-refractivity contribution in [3.05, 3.63) is 44.7 Å². The number of amidine groups is 1. The zero-order valence-electron chi connectivity index (χ0n) is 10.2. The Kier molecular flexibility index (Phi) is 4.77. The molecule has 0 fully saturated rings. The number of rotatable bonds is 4. The van der Waals surface area contributed by atoms with Crippen LogP contribution in [-0.4, -0.2) is 19.5 Å². The van der Waals surface area contributed by atoms with Gasteiger partial charge in [0.2, 0.25) is 0 Å². The first-order chi connectivity index (χ1) is 9.83. The third-order valence-corrected chi connectivity index (χ3v) is 6.22. The van der Waals surface area contributed by atoms with Gasteiger partial charge in [-0.25, -0.2) is 8.42 Å². The summed E-state index contributed by atoms with van der Waals surface area (Å²) in [4.78, 5) is 0. The van der Waals surface area contributed by atoms with Crippen LogP contribution in [0.15, 0.2) is 43.5 Å². The van der Waals surface area contributed by atoms with Gasteiger partial charge < -0.3 is 10.9 Å². The Hall–Kier alpha value is -1.29. The van der Waals surface area contributed by atoms with Crippen molar-refractivity contribution in [2.75, 3.05) is 4.72 Å².